The molecule has 2 aromatic carbocycles. The van der Waals surface area contributed by atoms with Crippen molar-refractivity contribution in [2.75, 3.05) is 0 Å². The maximum Gasteiger partial charge on any atom is 0.131 e. The van der Waals surface area contributed by atoms with Crippen molar-refractivity contribution in [3.05, 3.63) is 53.8 Å². The van der Waals surface area contributed by atoms with Crippen LogP contribution in [0.25, 0.3) is 11.1 Å². The smallest absolute Gasteiger partial charge is 0.131 e. The Morgan fingerprint density at radius 3 is 2.18 bits per heavy atom. The van der Waals surface area contributed by atoms with Crippen LogP contribution in [-0.2, 0) is 0 Å². The highest BCUT2D eigenvalue weighted by Gasteiger charge is 2.07. The molecule has 0 aliphatic rings. The Labute approximate surface area is 101 Å². The summed E-state index contributed by atoms with van der Waals surface area (Å²) in [7, 11) is 0. The third-order valence-corrected chi connectivity index (χ3v) is 2.84. The van der Waals surface area contributed by atoms with Crippen LogP contribution < -0.4 is 0 Å². The summed E-state index contributed by atoms with van der Waals surface area (Å²) in [5.74, 6) is 0.285. The first-order valence-corrected chi connectivity index (χ1v) is 5.67. The van der Waals surface area contributed by atoms with E-state index in [0.717, 1.165) is 11.1 Å². The zero-order valence-electron chi connectivity index (χ0n) is 9.94. The average Bonchev–Trinajstić information content (AvgIpc) is 2.30. The van der Waals surface area contributed by atoms with Gasteiger partial charge < -0.3 is 5.11 Å². The van der Waals surface area contributed by atoms with Crippen molar-refractivity contribution in [3.8, 4) is 16.9 Å². The van der Waals surface area contributed by atoms with E-state index in [-0.39, 0.29) is 11.6 Å². The van der Waals surface area contributed by atoms with E-state index in [2.05, 4.69) is 0 Å². The van der Waals surface area contributed by atoms with Crippen LogP contribution in [0, 0.1) is 5.82 Å². The Morgan fingerprint density at radius 2 is 1.65 bits per heavy atom. The number of phenolic OH excluding ortho intramolecular Hbond substituents is 1. The van der Waals surface area contributed by atoms with Gasteiger partial charge in [0.05, 0.1) is 0 Å². The Hall–Kier alpha value is -1.83. The molecule has 0 amide bonds. The predicted molar refractivity (Wildman–Crippen MR) is 67.6 cm³/mol. The van der Waals surface area contributed by atoms with Gasteiger partial charge in [-0.05, 0) is 35.2 Å². The summed E-state index contributed by atoms with van der Waals surface area (Å²) in [5.41, 5.74) is 2.33. The molecule has 0 aliphatic carbocycles. The molecule has 0 atom stereocenters. The molecule has 0 saturated heterocycles. The number of phenols is 1. The molecule has 0 bridgehead atoms. The molecule has 2 heteroatoms. The van der Waals surface area contributed by atoms with Crippen LogP contribution in [0.15, 0.2) is 42.5 Å². The molecule has 17 heavy (non-hydrogen) atoms. The van der Waals surface area contributed by atoms with Gasteiger partial charge in [0.1, 0.15) is 11.6 Å². The van der Waals surface area contributed by atoms with Crippen LogP contribution in [0.5, 0.6) is 5.75 Å². The van der Waals surface area contributed by atoms with Gasteiger partial charge >= 0.3 is 0 Å². The second kappa shape index (κ2) is 4.58. The number of hydrogen-bond acceptors (Lipinski definition) is 1. The van der Waals surface area contributed by atoms with Crippen molar-refractivity contribution in [1.82, 2.24) is 0 Å². The molecule has 0 spiro atoms. The van der Waals surface area contributed by atoms with Gasteiger partial charge in [-0.25, -0.2) is 4.39 Å². The van der Waals surface area contributed by atoms with Crippen LogP contribution in [-0.4, -0.2) is 5.11 Å². The Kier molecular flexibility index (Phi) is 3.14. The Bertz CT molecular complexity index is 515. The van der Waals surface area contributed by atoms with Crippen LogP contribution in [0.4, 0.5) is 4.39 Å². The highest BCUT2D eigenvalue weighted by Crippen LogP contribution is 2.27. The van der Waals surface area contributed by atoms with E-state index >= 15 is 0 Å². The van der Waals surface area contributed by atoms with Gasteiger partial charge in [-0.2, -0.15) is 0 Å². The molecular weight excluding hydrogens is 215 g/mol. The van der Waals surface area contributed by atoms with Crippen molar-refractivity contribution < 1.29 is 9.50 Å². The fraction of sp³-hybridized carbons (Fsp3) is 0.200. The molecular formula is C15H15FO. The lowest BCUT2D eigenvalue weighted by atomic mass is 9.98. The molecule has 88 valence electrons. The molecule has 2 aromatic rings. The van der Waals surface area contributed by atoms with Gasteiger partial charge in [-0.1, -0.05) is 38.1 Å². The van der Waals surface area contributed by atoms with Gasteiger partial charge in [0.25, 0.3) is 0 Å². The lowest BCUT2D eigenvalue weighted by Gasteiger charge is -2.09. The van der Waals surface area contributed by atoms with Crippen molar-refractivity contribution in [1.29, 1.82) is 0 Å². The summed E-state index contributed by atoms with van der Waals surface area (Å²) >= 11 is 0. The van der Waals surface area contributed by atoms with E-state index < -0.39 is 0 Å². The quantitative estimate of drug-likeness (QED) is 0.814. The van der Waals surface area contributed by atoms with E-state index in [1.165, 1.54) is 0 Å². The van der Waals surface area contributed by atoms with Crippen molar-refractivity contribution >= 4 is 0 Å². The molecule has 0 aliphatic heterocycles. The second-order valence-corrected chi connectivity index (χ2v) is 4.44. The number of benzene rings is 2. The topological polar surface area (TPSA) is 20.2 Å². The standard InChI is InChI=1S/C15H15FO/c1-10(2)12-5-8-14(15(16)9-12)11-3-6-13(17)7-4-11/h3-10,17H,1-2H3. The largest absolute Gasteiger partial charge is 0.508 e. The fourth-order valence-electron chi connectivity index (χ4n) is 1.77. The Balaban J connectivity index is 2.43. The second-order valence-electron chi connectivity index (χ2n) is 4.44. The molecule has 1 nitrogen and oxygen atoms in total. The highest BCUT2D eigenvalue weighted by molar-refractivity contribution is 5.65. The van der Waals surface area contributed by atoms with Crippen LogP contribution in [0.3, 0.4) is 0 Å². The minimum absolute atomic E-state index is 0.188. The van der Waals surface area contributed by atoms with Crippen LogP contribution >= 0.6 is 0 Å². The number of hydrogen-bond donors (Lipinski definition) is 1. The molecule has 0 heterocycles. The van der Waals surface area contributed by atoms with Gasteiger partial charge in [-0.3, -0.25) is 0 Å². The zero-order chi connectivity index (χ0) is 12.4. The third kappa shape index (κ3) is 2.47. The molecule has 0 radical (unpaired) electrons. The SMILES string of the molecule is CC(C)c1ccc(-c2ccc(O)cc2)c(F)c1. The molecule has 0 saturated carbocycles. The predicted octanol–water partition coefficient (Wildman–Crippen LogP) is 4.32. The van der Waals surface area contributed by atoms with Gasteiger partial charge in [0.2, 0.25) is 0 Å². The number of halogens is 1. The van der Waals surface area contributed by atoms with Gasteiger partial charge in [-0.15, -0.1) is 0 Å². The molecule has 0 fully saturated rings. The van der Waals surface area contributed by atoms with Crippen molar-refractivity contribution in [3.63, 3.8) is 0 Å². The normalized spacial score (nSPS) is 10.8. The minimum atomic E-state index is -0.220. The van der Waals surface area contributed by atoms with E-state index in [1.807, 2.05) is 19.9 Å². The summed E-state index contributed by atoms with van der Waals surface area (Å²) in [6, 6.07) is 11.8. The van der Waals surface area contributed by atoms with Crippen LogP contribution in [0.2, 0.25) is 0 Å². The zero-order valence-corrected chi connectivity index (χ0v) is 9.94. The molecule has 2 rings (SSSR count). The van der Waals surface area contributed by atoms with E-state index in [9.17, 15) is 9.50 Å². The Morgan fingerprint density at radius 1 is 1.00 bits per heavy atom. The summed E-state index contributed by atoms with van der Waals surface area (Å²) < 4.78 is 13.9. The molecule has 0 aromatic heterocycles. The lowest BCUT2D eigenvalue weighted by molar-refractivity contribution is 0.475. The van der Waals surface area contributed by atoms with Crippen molar-refractivity contribution in [2.45, 2.75) is 19.8 Å². The monoisotopic (exact) mass is 230 g/mol. The van der Waals surface area contributed by atoms with Crippen LogP contribution in [0.1, 0.15) is 25.3 Å². The van der Waals surface area contributed by atoms with E-state index in [4.69, 9.17) is 0 Å². The first kappa shape index (κ1) is 11.6. The van der Waals surface area contributed by atoms with E-state index in [0.29, 0.717) is 11.5 Å². The minimum Gasteiger partial charge on any atom is -0.508 e. The number of rotatable bonds is 2. The van der Waals surface area contributed by atoms with Crippen molar-refractivity contribution in [2.24, 2.45) is 0 Å². The third-order valence-electron chi connectivity index (χ3n) is 2.84. The highest BCUT2D eigenvalue weighted by atomic mass is 19.1. The first-order chi connectivity index (χ1) is 8.08. The summed E-state index contributed by atoms with van der Waals surface area (Å²) in [5, 5.41) is 9.20. The maximum atomic E-state index is 13.9. The average molecular weight is 230 g/mol. The number of aromatic hydroxyl groups is 1. The maximum absolute atomic E-state index is 13.9. The fourth-order valence-corrected chi connectivity index (χ4v) is 1.77. The lowest BCUT2D eigenvalue weighted by Crippen LogP contribution is -1.91. The summed E-state index contributed by atoms with van der Waals surface area (Å²) in [4.78, 5) is 0. The van der Waals surface area contributed by atoms with Gasteiger partial charge in [0, 0.05) is 5.56 Å². The summed E-state index contributed by atoms with van der Waals surface area (Å²) in [6.45, 7) is 4.07. The molecule has 1 N–H and O–H groups in total. The summed E-state index contributed by atoms with van der Waals surface area (Å²) in [6.07, 6.45) is 0. The van der Waals surface area contributed by atoms with Gasteiger partial charge in [0.15, 0.2) is 0 Å². The molecule has 0 unspecified atom stereocenters. The van der Waals surface area contributed by atoms with E-state index in [1.54, 1.807) is 36.4 Å². The first-order valence-electron chi connectivity index (χ1n) is 5.67.